The first-order chi connectivity index (χ1) is 15.6. The predicted octanol–water partition coefficient (Wildman–Crippen LogP) is 4.13. The average molecular weight is 441 g/mol. The molecule has 1 heterocycles. The molecule has 2 amide bonds. The molecular weight excluding hydrogens is 404 g/mol. The van der Waals surface area contributed by atoms with Crippen LogP contribution < -0.4 is 20.3 Å². The first kappa shape index (κ1) is 23.9. The number of rotatable bonds is 10. The van der Waals surface area contributed by atoms with Crippen LogP contribution in [0.5, 0.6) is 5.75 Å². The van der Waals surface area contributed by atoms with E-state index in [1.54, 1.807) is 0 Å². The zero-order valence-electron chi connectivity index (χ0n) is 19.5. The fourth-order valence-electron chi connectivity index (χ4n) is 3.68. The van der Waals surface area contributed by atoms with Gasteiger partial charge in [0.05, 0.1) is 25.9 Å². The van der Waals surface area contributed by atoms with Gasteiger partial charge < -0.3 is 25.0 Å². The van der Waals surface area contributed by atoms with Crippen LogP contribution in [0.15, 0.2) is 48.5 Å². The Balaban J connectivity index is 1.58. The van der Waals surface area contributed by atoms with Crippen LogP contribution in [0.1, 0.15) is 31.4 Å². The van der Waals surface area contributed by atoms with Crippen molar-refractivity contribution in [2.75, 3.05) is 63.8 Å². The van der Waals surface area contributed by atoms with E-state index in [9.17, 15) is 4.79 Å². The molecule has 1 saturated heterocycles. The Morgan fingerprint density at radius 3 is 2.41 bits per heavy atom. The smallest absolute Gasteiger partial charge is 0.319 e. The molecule has 0 aliphatic carbocycles. The third-order valence-electron chi connectivity index (χ3n) is 5.62. The van der Waals surface area contributed by atoms with E-state index in [4.69, 9.17) is 9.47 Å². The number of carbonyl (C=O) groups is 1. The summed E-state index contributed by atoms with van der Waals surface area (Å²) < 4.78 is 11.2. The van der Waals surface area contributed by atoms with Crippen LogP contribution in [0.3, 0.4) is 0 Å². The minimum Gasteiger partial charge on any atom is -0.494 e. The van der Waals surface area contributed by atoms with Crippen molar-refractivity contribution in [3.8, 4) is 5.75 Å². The summed E-state index contributed by atoms with van der Waals surface area (Å²) in [6.45, 7) is 6.49. The molecule has 7 nitrogen and oxygen atoms in total. The van der Waals surface area contributed by atoms with E-state index in [0.717, 1.165) is 43.1 Å². The molecule has 1 atom stereocenters. The third-order valence-corrected chi connectivity index (χ3v) is 5.62. The van der Waals surface area contributed by atoms with Gasteiger partial charge in [0.1, 0.15) is 5.75 Å². The van der Waals surface area contributed by atoms with Crippen LogP contribution in [-0.2, 0) is 4.74 Å². The molecule has 0 bridgehead atoms. The Hall–Kier alpha value is -2.77. The Morgan fingerprint density at radius 2 is 1.78 bits per heavy atom. The third kappa shape index (κ3) is 7.14. The van der Waals surface area contributed by atoms with Gasteiger partial charge in [-0.25, -0.2) is 4.79 Å². The SMILES string of the molecule is CCCCOc1ccc(NC(=O)NCC(c2ccc(N(C)C)cc2)N2CCOCC2)cc1. The van der Waals surface area contributed by atoms with E-state index in [0.29, 0.717) is 26.4 Å². The number of benzene rings is 2. The number of anilines is 2. The highest BCUT2D eigenvalue weighted by atomic mass is 16.5. The van der Waals surface area contributed by atoms with Gasteiger partial charge in [-0.2, -0.15) is 0 Å². The summed E-state index contributed by atoms with van der Waals surface area (Å²) in [6, 6.07) is 15.9. The number of unbranched alkanes of at least 4 members (excludes halogenated alkanes) is 1. The summed E-state index contributed by atoms with van der Waals surface area (Å²) in [4.78, 5) is 17.0. The molecule has 2 aromatic rings. The lowest BCUT2D eigenvalue weighted by atomic mass is 10.0. The monoisotopic (exact) mass is 440 g/mol. The lowest BCUT2D eigenvalue weighted by Gasteiger charge is -2.35. The Morgan fingerprint density at radius 1 is 1.09 bits per heavy atom. The van der Waals surface area contributed by atoms with Crippen molar-refractivity contribution in [3.63, 3.8) is 0 Å². The fourth-order valence-corrected chi connectivity index (χ4v) is 3.68. The normalized spacial score (nSPS) is 15.1. The van der Waals surface area contributed by atoms with E-state index in [1.165, 1.54) is 5.56 Å². The number of hydrogen-bond donors (Lipinski definition) is 2. The molecule has 32 heavy (non-hydrogen) atoms. The van der Waals surface area contributed by atoms with Gasteiger partial charge in [-0.05, 0) is 48.4 Å². The van der Waals surface area contributed by atoms with Gasteiger partial charge in [-0.1, -0.05) is 25.5 Å². The second kappa shape index (κ2) is 12.3. The van der Waals surface area contributed by atoms with Crippen molar-refractivity contribution < 1.29 is 14.3 Å². The quantitative estimate of drug-likeness (QED) is 0.544. The zero-order valence-corrected chi connectivity index (χ0v) is 19.5. The maximum absolute atomic E-state index is 12.6. The van der Waals surface area contributed by atoms with E-state index >= 15 is 0 Å². The summed E-state index contributed by atoms with van der Waals surface area (Å²) in [5.41, 5.74) is 3.08. The van der Waals surface area contributed by atoms with Crippen LogP contribution in [0.4, 0.5) is 16.2 Å². The number of morpholine rings is 1. The highest BCUT2D eigenvalue weighted by molar-refractivity contribution is 5.89. The Labute approximate surface area is 191 Å². The summed E-state index contributed by atoms with van der Waals surface area (Å²) in [5.74, 6) is 0.818. The molecule has 0 spiro atoms. The van der Waals surface area contributed by atoms with Gasteiger partial charge in [0.25, 0.3) is 0 Å². The van der Waals surface area contributed by atoms with Crippen molar-refractivity contribution in [2.45, 2.75) is 25.8 Å². The molecule has 2 aromatic carbocycles. The second-order valence-corrected chi connectivity index (χ2v) is 8.21. The van der Waals surface area contributed by atoms with Crippen LogP contribution in [0.25, 0.3) is 0 Å². The highest BCUT2D eigenvalue weighted by Crippen LogP contribution is 2.24. The molecule has 0 radical (unpaired) electrons. The fraction of sp³-hybridized carbons (Fsp3) is 0.480. The van der Waals surface area contributed by atoms with Gasteiger partial charge in [0.2, 0.25) is 0 Å². The molecule has 2 N–H and O–H groups in total. The van der Waals surface area contributed by atoms with Gasteiger partial charge in [-0.15, -0.1) is 0 Å². The minimum atomic E-state index is -0.215. The van der Waals surface area contributed by atoms with Crippen molar-refractivity contribution in [1.82, 2.24) is 10.2 Å². The van der Waals surface area contributed by atoms with Crippen LogP contribution in [-0.4, -0.2) is 64.5 Å². The number of amides is 2. The first-order valence-electron chi connectivity index (χ1n) is 11.4. The van der Waals surface area contributed by atoms with E-state index in [-0.39, 0.29) is 12.1 Å². The molecule has 174 valence electrons. The highest BCUT2D eigenvalue weighted by Gasteiger charge is 2.23. The van der Waals surface area contributed by atoms with E-state index in [1.807, 2.05) is 38.4 Å². The predicted molar refractivity (Wildman–Crippen MR) is 130 cm³/mol. The molecule has 7 heteroatoms. The van der Waals surface area contributed by atoms with Gasteiger partial charge in [0, 0.05) is 45.1 Å². The Kier molecular flexibility index (Phi) is 9.19. The summed E-state index contributed by atoms with van der Waals surface area (Å²) in [5, 5.41) is 5.96. The standard InChI is InChI=1S/C25H36N4O3/c1-4-5-16-32-23-12-8-21(9-13-23)27-25(30)26-19-24(29-14-17-31-18-15-29)20-6-10-22(11-7-20)28(2)3/h6-13,24H,4-5,14-19H2,1-3H3,(H2,26,27,30). The van der Waals surface area contributed by atoms with Gasteiger partial charge >= 0.3 is 6.03 Å². The van der Waals surface area contributed by atoms with Crippen molar-refractivity contribution in [1.29, 1.82) is 0 Å². The number of nitrogens with zero attached hydrogens (tertiary/aromatic N) is 2. The number of carbonyl (C=O) groups excluding carboxylic acids is 1. The zero-order chi connectivity index (χ0) is 22.8. The van der Waals surface area contributed by atoms with Gasteiger partial charge in [0.15, 0.2) is 0 Å². The maximum atomic E-state index is 12.6. The van der Waals surface area contributed by atoms with E-state index in [2.05, 4.69) is 51.6 Å². The van der Waals surface area contributed by atoms with E-state index < -0.39 is 0 Å². The molecule has 1 aliphatic heterocycles. The molecule has 1 unspecified atom stereocenters. The topological polar surface area (TPSA) is 66.1 Å². The summed E-state index contributed by atoms with van der Waals surface area (Å²) in [7, 11) is 4.06. The van der Waals surface area contributed by atoms with Crippen LogP contribution >= 0.6 is 0 Å². The lowest BCUT2D eigenvalue weighted by Crippen LogP contribution is -2.44. The summed E-state index contributed by atoms with van der Waals surface area (Å²) in [6.07, 6.45) is 2.13. The second-order valence-electron chi connectivity index (χ2n) is 8.21. The number of urea groups is 1. The van der Waals surface area contributed by atoms with Crippen molar-refractivity contribution in [3.05, 3.63) is 54.1 Å². The first-order valence-corrected chi connectivity index (χ1v) is 11.4. The van der Waals surface area contributed by atoms with Crippen LogP contribution in [0, 0.1) is 0 Å². The largest absolute Gasteiger partial charge is 0.494 e. The van der Waals surface area contributed by atoms with Crippen LogP contribution in [0.2, 0.25) is 0 Å². The molecular formula is C25H36N4O3. The molecule has 0 saturated carbocycles. The van der Waals surface area contributed by atoms with Gasteiger partial charge in [-0.3, -0.25) is 4.90 Å². The minimum absolute atomic E-state index is 0.0928. The lowest BCUT2D eigenvalue weighted by molar-refractivity contribution is 0.0168. The molecule has 1 fully saturated rings. The molecule has 0 aromatic heterocycles. The molecule has 3 rings (SSSR count). The number of nitrogens with one attached hydrogen (secondary N) is 2. The average Bonchev–Trinajstić information content (AvgIpc) is 2.81. The maximum Gasteiger partial charge on any atom is 0.319 e. The molecule has 1 aliphatic rings. The Bertz CT molecular complexity index is 818. The number of ether oxygens (including phenoxy) is 2. The number of hydrogen-bond acceptors (Lipinski definition) is 5. The van der Waals surface area contributed by atoms with Crippen molar-refractivity contribution >= 4 is 17.4 Å². The summed E-state index contributed by atoms with van der Waals surface area (Å²) >= 11 is 0. The van der Waals surface area contributed by atoms with Crippen molar-refractivity contribution in [2.24, 2.45) is 0 Å².